The van der Waals surface area contributed by atoms with Gasteiger partial charge in [0.05, 0.1) is 6.54 Å². The molecule has 1 aliphatic rings. The minimum absolute atomic E-state index is 0.411. The van der Waals surface area contributed by atoms with Crippen LogP contribution >= 0.6 is 23.8 Å². The highest BCUT2D eigenvalue weighted by Crippen LogP contribution is 2.29. The van der Waals surface area contributed by atoms with Gasteiger partial charge in [0.15, 0.2) is 10.9 Å². The van der Waals surface area contributed by atoms with Gasteiger partial charge < -0.3 is 10.6 Å². The molecule has 0 saturated heterocycles. The number of nitrogens with one attached hydrogen (secondary N) is 2. The van der Waals surface area contributed by atoms with E-state index in [0.717, 1.165) is 12.3 Å². The molecule has 1 saturated carbocycles. The summed E-state index contributed by atoms with van der Waals surface area (Å²) in [6.45, 7) is 5.29. The molecule has 25 heavy (non-hydrogen) atoms. The molecule has 1 aromatic carbocycles. The van der Waals surface area contributed by atoms with E-state index in [2.05, 4.69) is 41.7 Å². The van der Waals surface area contributed by atoms with Gasteiger partial charge in [-0.25, -0.2) is 0 Å². The van der Waals surface area contributed by atoms with Gasteiger partial charge in [0, 0.05) is 12.2 Å². The maximum Gasteiger partial charge on any atom is 0.173 e. The van der Waals surface area contributed by atoms with Crippen molar-refractivity contribution in [2.24, 2.45) is 11.8 Å². The fourth-order valence-electron chi connectivity index (χ4n) is 3.43. The third kappa shape index (κ3) is 4.73. The Hall–Kier alpha value is -1.59. The summed E-state index contributed by atoms with van der Waals surface area (Å²) in [6, 6.07) is 10.6. The van der Waals surface area contributed by atoms with E-state index >= 15 is 0 Å². The van der Waals surface area contributed by atoms with E-state index in [9.17, 15) is 0 Å². The number of anilines is 1. The number of nitrogens with zero attached hydrogens (tertiary/aromatic N) is 2. The van der Waals surface area contributed by atoms with Crippen molar-refractivity contribution in [3.63, 3.8) is 0 Å². The molecule has 6 heteroatoms. The van der Waals surface area contributed by atoms with Crippen molar-refractivity contribution < 1.29 is 0 Å². The normalized spacial score (nSPS) is 23.2. The summed E-state index contributed by atoms with van der Waals surface area (Å²) in [4.78, 5) is 0. The number of hydrogen-bond acceptors (Lipinski definition) is 2. The Kier molecular flexibility index (Phi) is 5.97. The quantitative estimate of drug-likeness (QED) is 0.759. The fraction of sp³-hybridized carbons (Fsp3) is 0.474. The van der Waals surface area contributed by atoms with Gasteiger partial charge in [-0.1, -0.05) is 68.6 Å². The molecule has 3 unspecified atom stereocenters. The lowest BCUT2D eigenvalue weighted by Gasteiger charge is -2.35. The minimum atomic E-state index is 0.411. The second-order valence-electron chi connectivity index (χ2n) is 6.98. The third-order valence-electron chi connectivity index (χ3n) is 5.16. The van der Waals surface area contributed by atoms with Crippen LogP contribution < -0.4 is 10.6 Å². The number of benzene rings is 1. The van der Waals surface area contributed by atoms with Crippen molar-refractivity contribution in [3.05, 3.63) is 47.1 Å². The maximum absolute atomic E-state index is 6.32. The van der Waals surface area contributed by atoms with E-state index < -0.39 is 0 Å². The first-order valence-electron chi connectivity index (χ1n) is 8.87. The van der Waals surface area contributed by atoms with Crippen molar-refractivity contribution in [2.75, 3.05) is 5.32 Å². The van der Waals surface area contributed by atoms with Gasteiger partial charge in [-0.15, -0.1) is 0 Å². The van der Waals surface area contributed by atoms with Crippen LogP contribution in [0, 0.1) is 11.8 Å². The van der Waals surface area contributed by atoms with Gasteiger partial charge in [-0.2, -0.15) is 5.10 Å². The summed E-state index contributed by atoms with van der Waals surface area (Å²) in [7, 11) is 0. The second-order valence-corrected chi connectivity index (χ2v) is 7.80. The Bertz CT molecular complexity index is 715. The molecule has 134 valence electrons. The Morgan fingerprint density at radius 2 is 2.04 bits per heavy atom. The molecule has 3 atom stereocenters. The van der Waals surface area contributed by atoms with Gasteiger partial charge >= 0.3 is 0 Å². The van der Waals surface area contributed by atoms with E-state index in [4.69, 9.17) is 23.8 Å². The Labute approximate surface area is 160 Å². The van der Waals surface area contributed by atoms with Crippen LogP contribution in [0.5, 0.6) is 0 Å². The lowest BCUT2D eigenvalue weighted by molar-refractivity contribution is 0.225. The van der Waals surface area contributed by atoms with E-state index in [1.165, 1.54) is 18.4 Å². The molecule has 0 radical (unpaired) electrons. The van der Waals surface area contributed by atoms with Gasteiger partial charge in [0.25, 0.3) is 0 Å². The van der Waals surface area contributed by atoms with Crippen LogP contribution in [0.15, 0.2) is 36.5 Å². The van der Waals surface area contributed by atoms with Crippen LogP contribution in [-0.4, -0.2) is 20.9 Å². The molecule has 0 aliphatic heterocycles. The Balaban J connectivity index is 1.60. The molecule has 0 spiro atoms. The molecule has 1 heterocycles. The van der Waals surface area contributed by atoms with E-state index in [-0.39, 0.29) is 0 Å². The van der Waals surface area contributed by atoms with E-state index in [1.807, 2.05) is 29.1 Å². The van der Waals surface area contributed by atoms with E-state index in [0.29, 0.717) is 34.5 Å². The van der Waals surface area contributed by atoms with Crippen LogP contribution in [0.1, 0.15) is 38.7 Å². The monoisotopic (exact) mass is 376 g/mol. The summed E-state index contributed by atoms with van der Waals surface area (Å²) in [5.74, 6) is 1.94. The predicted octanol–water partition coefficient (Wildman–Crippen LogP) is 4.70. The first-order chi connectivity index (χ1) is 12.0. The minimum Gasteiger partial charge on any atom is -0.359 e. The SMILES string of the molecule is CC1CCCC(NC(=S)Nc2nn(Cc3ccccc3)cc2Cl)C1C. The Morgan fingerprint density at radius 1 is 1.28 bits per heavy atom. The standard InChI is InChI=1S/C19H25ClN4S/c1-13-7-6-10-17(14(13)2)21-19(25)22-18-16(20)12-24(23-18)11-15-8-4-3-5-9-15/h3-5,8-9,12-14,17H,6-7,10-11H2,1-2H3,(H2,21,22,23,25). The average molecular weight is 377 g/mol. The number of halogens is 1. The lowest BCUT2D eigenvalue weighted by atomic mass is 9.78. The smallest absolute Gasteiger partial charge is 0.173 e. The number of aromatic nitrogens is 2. The summed E-state index contributed by atoms with van der Waals surface area (Å²) in [6.07, 6.45) is 5.53. The summed E-state index contributed by atoms with van der Waals surface area (Å²) < 4.78 is 1.83. The largest absolute Gasteiger partial charge is 0.359 e. The molecule has 1 aromatic heterocycles. The molecule has 0 bridgehead atoms. The van der Waals surface area contributed by atoms with Crippen LogP contribution in [0.25, 0.3) is 0 Å². The number of rotatable bonds is 4. The van der Waals surface area contributed by atoms with Gasteiger partial charge in [-0.05, 0) is 36.0 Å². The zero-order valence-electron chi connectivity index (χ0n) is 14.7. The molecular formula is C19H25ClN4S. The first kappa shape index (κ1) is 18.2. The fourth-order valence-corrected chi connectivity index (χ4v) is 3.88. The average Bonchev–Trinajstić information content (AvgIpc) is 2.92. The highest BCUT2D eigenvalue weighted by atomic mass is 35.5. The maximum atomic E-state index is 6.32. The second kappa shape index (κ2) is 8.19. The van der Waals surface area contributed by atoms with Crippen LogP contribution in [0.4, 0.5) is 5.82 Å². The van der Waals surface area contributed by atoms with Crippen molar-refractivity contribution in [1.29, 1.82) is 0 Å². The predicted molar refractivity (Wildman–Crippen MR) is 108 cm³/mol. The van der Waals surface area contributed by atoms with Crippen LogP contribution in [-0.2, 0) is 6.54 Å². The van der Waals surface area contributed by atoms with Gasteiger partial charge in [0.1, 0.15) is 5.02 Å². The van der Waals surface area contributed by atoms with Gasteiger partial charge in [-0.3, -0.25) is 4.68 Å². The highest BCUT2D eigenvalue weighted by Gasteiger charge is 2.27. The van der Waals surface area contributed by atoms with Crippen molar-refractivity contribution >= 4 is 34.7 Å². The molecule has 4 nitrogen and oxygen atoms in total. The Morgan fingerprint density at radius 3 is 2.80 bits per heavy atom. The molecule has 2 N–H and O–H groups in total. The lowest BCUT2D eigenvalue weighted by Crippen LogP contribution is -2.45. The molecule has 0 amide bonds. The van der Waals surface area contributed by atoms with Crippen LogP contribution in [0.3, 0.4) is 0 Å². The van der Waals surface area contributed by atoms with Crippen molar-refractivity contribution in [1.82, 2.24) is 15.1 Å². The molecule has 1 fully saturated rings. The molecule has 1 aliphatic carbocycles. The number of hydrogen-bond donors (Lipinski definition) is 2. The van der Waals surface area contributed by atoms with Crippen molar-refractivity contribution in [2.45, 2.75) is 45.7 Å². The highest BCUT2D eigenvalue weighted by molar-refractivity contribution is 7.80. The van der Waals surface area contributed by atoms with Crippen LogP contribution in [0.2, 0.25) is 5.02 Å². The first-order valence-corrected chi connectivity index (χ1v) is 9.66. The number of thiocarbonyl (C=S) groups is 1. The zero-order chi connectivity index (χ0) is 17.8. The van der Waals surface area contributed by atoms with Gasteiger partial charge in [0.2, 0.25) is 0 Å². The summed E-state index contributed by atoms with van der Waals surface area (Å²) in [5.41, 5.74) is 1.18. The topological polar surface area (TPSA) is 41.9 Å². The summed E-state index contributed by atoms with van der Waals surface area (Å²) >= 11 is 11.8. The van der Waals surface area contributed by atoms with Crippen molar-refractivity contribution in [3.8, 4) is 0 Å². The molecule has 3 rings (SSSR count). The molecular weight excluding hydrogens is 352 g/mol. The third-order valence-corrected chi connectivity index (χ3v) is 5.66. The summed E-state index contributed by atoms with van der Waals surface area (Å²) in [5, 5.41) is 12.3. The zero-order valence-corrected chi connectivity index (χ0v) is 16.3. The van der Waals surface area contributed by atoms with E-state index in [1.54, 1.807) is 0 Å². The molecule has 2 aromatic rings.